The van der Waals surface area contributed by atoms with E-state index in [9.17, 15) is 0 Å². The summed E-state index contributed by atoms with van der Waals surface area (Å²) in [6.45, 7) is 9.62. The van der Waals surface area contributed by atoms with Gasteiger partial charge < -0.3 is 5.32 Å². The second kappa shape index (κ2) is 10.9. The highest BCUT2D eigenvalue weighted by Gasteiger charge is 1.88. The molecule has 0 saturated carbocycles. The highest BCUT2D eigenvalue weighted by molar-refractivity contribution is 4.45. The van der Waals surface area contributed by atoms with Gasteiger partial charge in [-0.05, 0) is 25.9 Å². The predicted octanol–water partition coefficient (Wildman–Crippen LogP) is 2.52. The van der Waals surface area contributed by atoms with Gasteiger partial charge >= 0.3 is 0 Å². The Morgan fingerprint density at radius 2 is 1.78 bits per heavy atom. The molecule has 0 aliphatic carbocycles. The van der Waals surface area contributed by atoms with Crippen molar-refractivity contribution >= 4 is 0 Å². The molecule has 1 nitrogen and oxygen atoms in total. The third-order valence-corrected chi connectivity index (χ3v) is 0.972. The van der Waals surface area contributed by atoms with Gasteiger partial charge in [0.25, 0.3) is 0 Å². The van der Waals surface area contributed by atoms with Gasteiger partial charge in [-0.25, -0.2) is 0 Å². The van der Waals surface area contributed by atoms with E-state index in [4.69, 9.17) is 0 Å². The minimum Gasteiger partial charge on any atom is -0.320 e. The lowest BCUT2D eigenvalue weighted by Crippen LogP contribution is -2.09. The summed E-state index contributed by atoms with van der Waals surface area (Å²) in [7, 11) is 1.99. The van der Waals surface area contributed by atoms with Crippen LogP contribution in [-0.4, -0.2) is 13.6 Å². The van der Waals surface area contributed by atoms with E-state index in [0.717, 1.165) is 12.5 Å². The van der Waals surface area contributed by atoms with Crippen LogP contribution >= 0.6 is 0 Å². The Bertz CT molecular complexity index is 38.2. The van der Waals surface area contributed by atoms with Crippen molar-refractivity contribution in [2.24, 2.45) is 5.92 Å². The number of hydrogen-bond acceptors (Lipinski definition) is 1. The largest absolute Gasteiger partial charge is 0.320 e. The van der Waals surface area contributed by atoms with Crippen LogP contribution in [0.2, 0.25) is 0 Å². The Kier molecular flexibility index (Phi) is 14.1. The third-order valence-electron chi connectivity index (χ3n) is 0.972. The molecule has 0 aliphatic rings. The Morgan fingerprint density at radius 3 is 1.89 bits per heavy atom. The first-order valence-corrected chi connectivity index (χ1v) is 3.92. The van der Waals surface area contributed by atoms with Gasteiger partial charge in [0, 0.05) is 1.43 Å². The maximum atomic E-state index is 3.10. The van der Waals surface area contributed by atoms with Crippen LogP contribution in [0.1, 0.15) is 35.5 Å². The highest BCUT2D eigenvalue weighted by Crippen LogP contribution is 1.94. The first kappa shape index (κ1) is 11.7. The van der Waals surface area contributed by atoms with Crippen LogP contribution in [-0.2, 0) is 0 Å². The molecule has 0 aromatic heterocycles. The van der Waals surface area contributed by atoms with Crippen molar-refractivity contribution in [2.45, 2.75) is 34.1 Å². The van der Waals surface area contributed by atoms with Crippen LogP contribution in [0.4, 0.5) is 0 Å². The topological polar surface area (TPSA) is 12.0 Å². The van der Waals surface area contributed by atoms with Gasteiger partial charge in [0.1, 0.15) is 0 Å². The average Bonchev–Trinajstić information content (AvgIpc) is 1.88. The SMILES string of the molecule is CC.CNCCC(C)C.[HH]. The van der Waals surface area contributed by atoms with Crippen molar-refractivity contribution in [2.75, 3.05) is 13.6 Å². The third kappa shape index (κ3) is 18.0. The van der Waals surface area contributed by atoms with Crippen LogP contribution in [0.15, 0.2) is 0 Å². The molecule has 0 heterocycles. The number of nitrogens with one attached hydrogen (secondary N) is 1. The predicted molar refractivity (Wildman–Crippen MR) is 46.8 cm³/mol. The van der Waals surface area contributed by atoms with E-state index in [-0.39, 0.29) is 1.43 Å². The van der Waals surface area contributed by atoms with Gasteiger partial charge in [-0.2, -0.15) is 0 Å². The van der Waals surface area contributed by atoms with E-state index in [1.165, 1.54) is 6.42 Å². The smallest absolute Gasteiger partial charge is 0 e. The molecule has 60 valence electrons. The summed E-state index contributed by atoms with van der Waals surface area (Å²) in [5, 5.41) is 3.10. The van der Waals surface area contributed by atoms with Crippen LogP contribution in [0, 0.1) is 5.92 Å². The Morgan fingerprint density at radius 1 is 1.33 bits per heavy atom. The Hall–Kier alpha value is -0.0400. The standard InChI is InChI=1S/C6H15N.C2H6.H2/c1-6(2)4-5-7-3;1-2;/h6-7H,4-5H2,1-3H3;1-2H3;1H. The summed E-state index contributed by atoms with van der Waals surface area (Å²) in [6, 6.07) is 0. The molecular formula is C8H23N. The van der Waals surface area contributed by atoms with Crippen LogP contribution in [0.25, 0.3) is 0 Å². The molecule has 0 bridgehead atoms. The molecule has 0 fully saturated rings. The molecule has 0 aliphatic heterocycles. The summed E-state index contributed by atoms with van der Waals surface area (Å²) < 4.78 is 0. The molecular weight excluding hydrogens is 110 g/mol. The highest BCUT2D eigenvalue weighted by atomic mass is 14.8. The van der Waals surface area contributed by atoms with Crippen molar-refractivity contribution in [3.05, 3.63) is 0 Å². The normalized spacial score (nSPS) is 8.67. The molecule has 0 saturated heterocycles. The van der Waals surface area contributed by atoms with Crippen LogP contribution < -0.4 is 5.32 Å². The van der Waals surface area contributed by atoms with Crippen molar-refractivity contribution < 1.29 is 1.43 Å². The lowest BCUT2D eigenvalue weighted by Gasteiger charge is -2.00. The molecule has 0 amide bonds. The van der Waals surface area contributed by atoms with E-state index in [2.05, 4.69) is 19.2 Å². The average molecular weight is 133 g/mol. The van der Waals surface area contributed by atoms with E-state index >= 15 is 0 Å². The summed E-state index contributed by atoms with van der Waals surface area (Å²) in [5.41, 5.74) is 0. The summed E-state index contributed by atoms with van der Waals surface area (Å²) in [6.07, 6.45) is 1.29. The van der Waals surface area contributed by atoms with Gasteiger partial charge in [0.05, 0.1) is 0 Å². The molecule has 0 aromatic carbocycles. The van der Waals surface area contributed by atoms with Gasteiger partial charge in [0.2, 0.25) is 0 Å². The molecule has 0 rings (SSSR count). The zero-order valence-corrected chi connectivity index (χ0v) is 7.49. The summed E-state index contributed by atoms with van der Waals surface area (Å²) >= 11 is 0. The summed E-state index contributed by atoms with van der Waals surface area (Å²) in [5.74, 6) is 0.840. The van der Waals surface area contributed by atoms with Crippen molar-refractivity contribution in [1.29, 1.82) is 0 Å². The molecule has 1 heteroatoms. The summed E-state index contributed by atoms with van der Waals surface area (Å²) in [4.78, 5) is 0. The lowest BCUT2D eigenvalue weighted by molar-refractivity contribution is 0.562. The van der Waals surface area contributed by atoms with Crippen molar-refractivity contribution in [3.8, 4) is 0 Å². The second-order valence-corrected chi connectivity index (χ2v) is 2.29. The van der Waals surface area contributed by atoms with E-state index in [1.807, 2.05) is 20.9 Å². The number of hydrogen-bond donors (Lipinski definition) is 1. The fraction of sp³-hybridized carbons (Fsp3) is 1.00. The molecule has 0 radical (unpaired) electrons. The van der Waals surface area contributed by atoms with E-state index in [1.54, 1.807) is 0 Å². The quantitative estimate of drug-likeness (QED) is 0.624. The zero-order chi connectivity index (χ0) is 7.70. The number of rotatable bonds is 3. The molecule has 0 unspecified atom stereocenters. The molecule has 0 atom stereocenters. The lowest BCUT2D eigenvalue weighted by atomic mass is 10.1. The van der Waals surface area contributed by atoms with E-state index < -0.39 is 0 Å². The fourth-order valence-corrected chi connectivity index (χ4v) is 0.433. The second-order valence-electron chi connectivity index (χ2n) is 2.29. The maximum Gasteiger partial charge on any atom is 0 e. The van der Waals surface area contributed by atoms with Crippen molar-refractivity contribution in [3.63, 3.8) is 0 Å². The minimum atomic E-state index is 0. The first-order chi connectivity index (χ1) is 4.27. The maximum absolute atomic E-state index is 3.10. The van der Waals surface area contributed by atoms with E-state index in [0.29, 0.717) is 0 Å². The Balaban J connectivity index is -0.000000149. The fourth-order valence-electron chi connectivity index (χ4n) is 0.433. The van der Waals surface area contributed by atoms with Gasteiger partial charge in [-0.1, -0.05) is 27.7 Å². The van der Waals surface area contributed by atoms with Crippen molar-refractivity contribution in [1.82, 2.24) is 5.32 Å². The van der Waals surface area contributed by atoms with Crippen LogP contribution in [0.3, 0.4) is 0 Å². The molecule has 1 N–H and O–H groups in total. The molecule has 0 spiro atoms. The minimum absolute atomic E-state index is 0. The van der Waals surface area contributed by atoms with Gasteiger partial charge in [0.15, 0.2) is 0 Å². The van der Waals surface area contributed by atoms with Crippen LogP contribution in [0.5, 0.6) is 0 Å². The van der Waals surface area contributed by atoms with Gasteiger partial charge in [-0.15, -0.1) is 0 Å². The monoisotopic (exact) mass is 133 g/mol. The zero-order valence-electron chi connectivity index (χ0n) is 7.49. The van der Waals surface area contributed by atoms with Gasteiger partial charge in [-0.3, -0.25) is 0 Å². The molecule has 0 aromatic rings. The Labute approximate surface area is 61.3 Å². The first-order valence-electron chi connectivity index (χ1n) is 3.92. The molecule has 9 heavy (non-hydrogen) atoms.